The molecule has 0 spiro atoms. The summed E-state index contributed by atoms with van der Waals surface area (Å²) in [6.45, 7) is 3.07. The molecule has 1 aromatic heterocycles. The summed E-state index contributed by atoms with van der Waals surface area (Å²) in [5.41, 5.74) is 3.86. The van der Waals surface area contributed by atoms with E-state index in [4.69, 9.17) is 0 Å². The van der Waals surface area contributed by atoms with Gasteiger partial charge in [0.25, 0.3) is 0 Å². The summed E-state index contributed by atoms with van der Waals surface area (Å²) in [6.07, 6.45) is 2.37. The molecule has 0 bridgehead atoms. The summed E-state index contributed by atoms with van der Waals surface area (Å²) in [5, 5.41) is 13.7. The number of nitrogens with zero attached hydrogens (tertiary/aromatic N) is 2. The lowest BCUT2D eigenvalue weighted by Crippen LogP contribution is -2.11. The van der Waals surface area contributed by atoms with E-state index >= 15 is 0 Å². The fourth-order valence-corrected chi connectivity index (χ4v) is 2.71. The lowest BCUT2D eigenvalue weighted by molar-refractivity contribution is 0.830. The molecule has 0 amide bonds. The van der Waals surface area contributed by atoms with Crippen molar-refractivity contribution in [3.63, 3.8) is 0 Å². The molecule has 0 aliphatic carbocycles. The van der Waals surface area contributed by atoms with Crippen molar-refractivity contribution in [1.29, 1.82) is 0 Å². The Bertz CT molecular complexity index is 519. The molecule has 0 saturated heterocycles. The zero-order chi connectivity index (χ0) is 11.0. The van der Waals surface area contributed by atoms with Crippen LogP contribution in [0.4, 0.5) is 5.69 Å². The van der Waals surface area contributed by atoms with Crippen LogP contribution < -0.4 is 5.32 Å². The van der Waals surface area contributed by atoms with Gasteiger partial charge < -0.3 is 5.32 Å². The number of nitrogens with one attached hydrogen (secondary N) is 1. The zero-order valence-electron chi connectivity index (χ0n) is 9.16. The standard InChI is InChI=1S/C12H13N3S/c1-8-14-15-12(16-8)10-4-5-11-9(7-10)3-2-6-13-11/h4-5,7,13H,2-3,6H2,1H3. The summed E-state index contributed by atoms with van der Waals surface area (Å²) in [7, 11) is 0. The van der Waals surface area contributed by atoms with Crippen LogP contribution in [0.1, 0.15) is 17.0 Å². The van der Waals surface area contributed by atoms with Crippen LogP contribution in [0.5, 0.6) is 0 Å². The highest BCUT2D eigenvalue weighted by molar-refractivity contribution is 7.14. The van der Waals surface area contributed by atoms with Gasteiger partial charge in [0.15, 0.2) is 0 Å². The highest BCUT2D eigenvalue weighted by Crippen LogP contribution is 2.29. The molecule has 3 nitrogen and oxygen atoms in total. The molecule has 0 saturated carbocycles. The van der Waals surface area contributed by atoms with Gasteiger partial charge in [-0.05, 0) is 43.5 Å². The molecule has 16 heavy (non-hydrogen) atoms. The zero-order valence-corrected chi connectivity index (χ0v) is 9.97. The van der Waals surface area contributed by atoms with E-state index in [1.54, 1.807) is 11.3 Å². The Hall–Kier alpha value is -1.42. The van der Waals surface area contributed by atoms with Crippen LogP contribution in [0.2, 0.25) is 0 Å². The summed E-state index contributed by atoms with van der Waals surface area (Å²) in [6, 6.07) is 6.51. The minimum Gasteiger partial charge on any atom is -0.385 e. The van der Waals surface area contributed by atoms with Crippen molar-refractivity contribution in [1.82, 2.24) is 10.2 Å². The molecule has 1 aromatic carbocycles. The maximum Gasteiger partial charge on any atom is 0.147 e. The van der Waals surface area contributed by atoms with Gasteiger partial charge in [-0.1, -0.05) is 11.3 Å². The molecule has 3 rings (SSSR count). The van der Waals surface area contributed by atoms with Gasteiger partial charge in [-0.15, -0.1) is 10.2 Å². The molecule has 0 atom stereocenters. The Balaban J connectivity index is 2.02. The van der Waals surface area contributed by atoms with Crippen LogP contribution in [-0.2, 0) is 6.42 Å². The molecule has 1 N–H and O–H groups in total. The highest BCUT2D eigenvalue weighted by Gasteiger charge is 2.11. The third kappa shape index (κ3) is 1.69. The number of fused-ring (bicyclic) bond motifs is 1. The summed E-state index contributed by atoms with van der Waals surface area (Å²) in [4.78, 5) is 0. The molecule has 0 radical (unpaired) electrons. The molecular formula is C12H13N3S. The molecule has 1 aliphatic heterocycles. The van der Waals surface area contributed by atoms with Gasteiger partial charge >= 0.3 is 0 Å². The Kier molecular flexibility index (Phi) is 2.36. The number of rotatable bonds is 1. The molecule has 0 fully saturated rings. The average Bonchev–Trinajstić information content (AvgIpc) is 2.75. The fourth-order valence-electron chi connectivity index (χ4n) is 2.02. The van der Waals surface area contributed by atoms with E-state index < -0.39 is 0 Å². The predicted molar refractivity (Wildman–Crippen MR) is 66.9 cm³/mol. The van der Waals surface area contributed by atoms with Gasteiger partial charge in [0, 0.05) is 17.8 Å². The van der Waals surface area contributed by atoms with E-state index in [1.165, 1.54) is 23.2 Å². The van der Waals surface area contributed by atoms with E-state index in [9.17, 15) is 0 Å². The second-order valence-electron chi connectivity index (χ2n) is 4.03. The second kappa shape index (κ2) is 3.87. The summed E-state index contributed by atoms with van der Waals surface area (Å²) >= 11 is 1.65. The van der Waals surface area contributed by atoms with Crippen LogP contribution in [0.15, 0.2) is 18.2 Å². The molecule has 4 heteroatoms. The van der Waals surface area contributed by atoms with Crippen molar-refractivity contribution in [3.8, 4) is 10.6 Å². The van der Waals surface area contributed by atoms with Crippen LogP contribution in [0.25, 0.3) is 10.6 Å². The molecule has 1 aliphatic rings. The first-order valence-electron chi connectivity index (χ1n) is 5.50. The first-order chi connectivity index (χ1) is 7.83. The van der Waals surface area contributed by atoms with E-state index in [0.717, 1.165) is 23.0 Å². The lowest BCUT2D eigenvalue weighted by atomic mass is 10.0. The van der Waals surface area contributed by atoms with Gasteiger partial charge in [0.2, 0.25) is 0 Å². The van der Waals surface area contributed by atoms with Crippen molar-refractivity contribution in [2.24, 2.45) is 0 Å². The Morgan fingerprint density at radius 2 is 2.25 bits per heavy atom. The van der Waals surface area contributed by atoms with Crippen LogP contribution in [0.3, 0.4) is 0 Å². The maximum absolute atomic E-state index is 4.18. The largest absolute Gasteiger partial charge is 0.385 e. The van der Waals surface area contributed by atoms with Crippen LogP contribution in [-0.4, -0.2) is 16.7 Å². The van der Waals surface area contributed by atoms with E-state index in [-0.39, 0.29) is 0 Å². The monoisotopic (exact) mass is 231 g/mol. The first-order valence-corrected chi connectivity index (χ1v) is 6.32. The van der Waals surface area contributed by atoms with Crippen molar-refractivity contribution in [3.05, 3.63) is 28.8 Å². The van der Waals surface area contributed by atoms with Crippen molar-refractivity contribution in [2.75, 3.05) is 11.9 Å². The molecule has 0 unspecified atom stereocenters. The summed E-state index contributed by atoms with van der Waals surface area (Å²) in [5.74, 6) is 0. The topological polar surface area (TPSA) is 37.8 Å². The van der Waals surface area contributed by atoms with Crippen molar-refractivity contribution >= 4 is 17.0 Å². The number of benzene rings is 1. The van der Waals surface area contributed by atoms with E-state index in [1.807, 2.05) is 6.92 Å². The number of hydrogen-bond acceptors (Lipinski definition) is 4. The first kappa shape index (κ1) is 9.78. The number of aromatic nitrogens is 2. The number of aryl methyl sites for hydroxylation is 2. The Morgan fingerprint density at radius 3 is 3.06 bits per heavy atom. The lowest BCUT2D eigenvalue weighted by Gasteiger charge is -2.18. The van der Waals surface area contributed by atoms with Crippen LogP contribution >= 0.6 is 11.3 Å². The van der Waals surface area contributed by atoms with E-state index in [2.05, 4.69) is 33.7 Å². The van der Waals surface area contributed by atoms with Gasteiger partial charge in [0.1, 0.15) is 10.0 Å². The summed E-state index contributed by atoms with van der Waals surface area (Å²) < 4.78 is 0. The van der Waals surface area contributed by atoms with E-state index in [0.29, 0.717) is 0 Å². The molecule has 2 heterocycles. The molecular weight excluding hydrogens is 218 g/mol. The van der Waals surface area contributed by atoms with Crippen molar-refractivity contribution < 1.29 is 0 Å². The van der Waals surface area contributed by atoms with Gasteiger partial charge in [0.05, 0.1) is 0 Å². The average molecular weight is 231 g/mol. The third-order valence-electron chi connectivity index (χ3n) is 2.82. The number of hydrogen-bond donors (Lipinski definition) is 1. The van der Waals surface area contributed by atoms with Gasteiger partial charge in [-0.3, -0.25) is 0 Å². The van der Waals surface area contributed by atoms with Gasteiger partial charge in [-0.25, -0.2) is 0 Å². The third-order valence-corrected chi connectivity index (χ3v) is 3.70. The SMILES string of the molecule is Cc1nnc(-c2ccc3c(c2)CCCN3)s1. The molecule has 82 valence electrons. The quantitative estimate of drug-likeness (QED) is 0.820. The normalized spacial score (nSPS) is 14.3. The second-order valence-corrected chi connectivity index (χ2v) is 5.21. The maximum atomic E-state index is 4.18. The Morgan fingerprint density at radius 1 is 1.31 bits per heavy atom. The number of anilines is 1. The minimum absolute atomic E-state index is 1.02. The predicted octanol–water partition coefficient (Wildman–Crippen LogP) is 2.87. The minimum atomic E-state index is 1.02. The molecule has 2 aromatic rings. The van der Waals surface area contributed by atoms with Gasteiger partial charge in [-0.2, -0.15) is 0 Å². The van der Waals surface area contributed by atoms with Crippen LogP contribution in [0, 0.1) is 6.92 Å². The smallest absolute Gasteiger partial charge is 0.147 e. The Labute approximate surface area is 98.5 Å². The van der Waals surface area contributed by atoms with Crippen molar-refractivity contribution in [2.45, 2.75) is 19.8 Å². The highest BCUT2D eigenvalue weighted by atomic mass is 32.1. The fraction of sp³-hybridized carbons (Fsp3) is 0.333.